The molecule has 0 bridgehead atoms. The first-order valence-electron chi connectivity index (χ1n) is 5.04. The third-order valence-corrected chi connectivity index (χ3v) is 3.08. The zero-order chi connectivity index (χ0) is 13.1. The first-order valence-corrected chi connectivity index (χ1v) is 5.92. The lowest BCUT2D eigenvalue weighted by Gasteiger charge is -2.06. The molecule has 18 heavy (non-hydrogen) atoms. The van der Waals surface area contributed by atoms with Gasteiger partial charge < -0.3 is 5.32 Å². The summed E-state index contributed by atoms with van der Waals surface area (Å²) in [4.78, 5) is 25.8. The van der Waals surface area contributed by atoms with Crippen LogP contribution in [-0.4, -0.2) is 15.8 Å². The quantitative estimate of drug-likeness (QED) is 0.681. The monoisotopic (exact) mass is 263 g/mol. The fourth-order valence-corrected chi connectivity index (χ4v) is 1.90. The molecule has 0 atom stereocenters. The molecule has 6 nitrogen and oxygen atoms in total. The molecule has 0 aliphatic rings. The topological polar surface area (TPSA) is 85.1 Å². The van der Waals surface area contributed by atoms with Gasteiger partial charge in [0.15, 0.2) is 5.01 Å². The number of carbonyl (C=O) groups excluding carboxylic acids is 1. The number of non-ortho nitro benzene ring substituents is 1. The van der Waals surface area contributed by atoms with Crippen molar-refractivity contribution in [1.82, 2.24) is 4.98 Å². The van der Waals surface area contributed by atoms with Gasteiger partial charge in [-0.15, -0.1) is 11.3 Å². The number of benzene rings is 1. The highest BCUT2D eigenvalue weighted by Gasteiger charge is 2.13. The van der Waals surface area contributed by atoms with E-state index in [0.717, 1.165) is 5.56 Å². The summed E-state index contributed by atoms with van der Waals surface area (Å²) in [6, 6.07) is 4.32. The van der Waals surface area contributed by atoms with Crippen LogP contribution >= 0.6 is 11.3 Å². The molecule has 0 unspecified atom stereocenters. The summed E-state index contributed by atoms with van der Waals surface area (Å²) in [5, 5.41) is 15.3. The molecule has 0 radical (unpaired) electrons. The highest BCUT2D eigenvalue weighted by molar-refractivity contribution is 7.11. The number of amides is 1. The lowest BCUT2D eigenvalue weighted by atomic mass is 10.2. The second kappa shape index (κ2) is 4.92. The predicted molar refractivity (Wildman–Crippen MR) is 67.9 cm³/mol. The second-order valence-electron chi connectivity index (χ2n) is 3.55. The van der Waals surface area contributed by atoms with Crippen LogP contribution in [0.15, 0.2) is 29.8 Å². The van der Waals surface area contributed by atoms with Crippen LogP contribution in [0.4, 0.5) is 11.4 Å². The predicted octanol–water partition coefficient (Wildman–Crippen LogP) is 2.61. The number of aromatic nitrogens is 1. The van der Waals surface area contributed by atoms with E-state index in [1.54, 1.807) is 18.4 Å². The van der Waals surface area contributed by atoms with Crippen LogP contribution in [0.1, 0.15) is 15.4 Å². The van der Waals surface area contributed by atoms with Gasteiger partial charge >= 0.3 is 0 Å². The van der Waals surface area contributed by atoms with E-state index in [1.165, 1.54) is 29.7 Å². The van der Waals surface area contributed by atoms with Crippen molar-refractivity contribution in [2.75, 3.05) is 5.32 Å². The fourth-order valence-electron chi connectivity index (χ4n) is 1.37. The van der Waals surface area contributed by atoms with E-state index in [0.29, 0.717) is 10.7 Å². The van der Waals surface area contributed by atoms with E-state index in [-0.39, 0.29) is 11.6 Å². The zero-order valence-corrected chi connectivity index (χ0v) is 10.2. The van der Waals surface area contributed by atoms with Gasteiger partial charge in [-0.3, -0.25) is 14.9 Å². The molecular weight excluding hydrogens is 254 g/mol. The fraction of sp³-hybridized carbons (Fsp3) is 0.0909. The Morgan fingerprint density at radius 3 is 2.89 bits per heavy atom. The summed E-state index contributed by atoms with van der Waals surface area (Å²) in [7, 11) is 0. The number of thiazole rings is 1. The molecule has 7 heteroatoms. The molecule has 1 aromatic heterocycles. The maximum Gasteiger partial charge on any atom is 0.284 e. The molecule has 0 saturated carbocycles. The zero-order valence-electron chi connectivity index (χ0n) is 9.41. The number of nitrogens with zero attached hydrogens (tertiary/aromatic N) is 2. The van der Waals surface area contributed by atoms with Gasteiger partial charge in [0.05, 0.1) is 10.6 Å². The molecule has 0 aliphatic carbocycles. The molecule has 0 aliphatic heterocycles. The Morgan fingerprint density at radius 1 is 1.50 bits per heavy atom. The molecule has 0 fully saturated rings. The van der Waals surface area contributed by atoms with Gasteiger partial charge in [0.1, 0.15) is 0 Å². The van der Waals surface area contributed by atoms with Crippen molar-refractivity contribution in [3.63, 3.8) is 0 Å². The normalized spacial score (nSPS) is 10.1. The summed E-state index contributed by atoms with van der Waals surface area (Å²) in [5.41, 5.74) is 1.12. The molecule has 1 amide bonds. The lowest BCUT2D eigenvalue weighted by molar-refractivity contribution is -0.384. The molecule has 2 aromatic rings. The van der Waals surface area contributed by atoms with E-state index in [9.17, 15) is 14.9 Å². The van der Waals surface area contributed by atoms with E-state index < -0.39 is 4.92 Å². The summed E-state index contributed by atoms with van der Waals surface area (Å²) < 4.78 is 0. The minimum Gasteiger partial charge on any atom is -0.319 e. The number of hydrogen-bond donors (Lipinski definition) is 1. The average Bonchev–Trinajstić information content (AvgIpc) is 2.85. The summed E-state index contributed by atoms with van der Waals surface area (Å²) in [5.74, 6) is -0.367. The second-order valence-corrected chi connectivity index (χ2v) is 4.44. The van der Waals surface area contributed by atoms with E-state index in [4.69, 9.17) is 0 Å². The number of nitrogens with one attached hydrogen (secondary N) is 1. The standard InChI is InChI=1S/C11H9N3O3S/c1-7-2-3-8(14(16)17)6-9(7)13-10(15)11-12-4-5-18-11/h2-6H,1H3,(H,13,15). The van der Waals surface area contributed by atoms with Crippen LogP contribution < -0.4 is 5.32 Å². The molecule has 2 rings (SSSR count). The van der Waals surface area contributed by atoms with Gasteiger partial charge in [-0.05, 0) is 12.5 Å². The van der Waals surface area contributed by atoms with Crippen molar-refractivity contribution in [2.24, 2.45) is 0 Å². The number of hydrogen-bond acceptors (Lipinski definition) is 5. The van der Waals surface area contributed by atoms with Crippen LogP contribution in [0, 0.1) is 17.0 Å². The molecule has 0 saturated heterocycles. The first kappa shape index (κ1) is 12.2. The lowest BCUT2D eigenvalue weighted by Crippen LogP contribution is -2.12. The van der Waals surface area contributed by atoms with E-state index in [2.05, 4.69) is 10.3 Å². The highest BCUT2D eigenvalue weighted by atomic mass is 32.1. The Hall–Kier alpha value is -2.28. The van der Waals surface area contributed by atoms with Gasteiger partial charge in [0, 0.05) is 23.7 Å². The van der Waals surface area contributed by atoms with Crippen LogP contribution in [0.25, 0.3) is 0 Å². The largest absolute Gasteiger partial charge is 0.319 e. The molecule has 1 aromatic carbocycles. The maximum absolute atomic E-state index is 11.8. The van der Waals surface area contributed by atoms with Crippen molar-refractivity contribution in [3.05, 3.63) is 50.5 Å². The van der Waals surface area contributed by atoms with Crippen molar-refractivity contribution in [1.29, 1.82) is 0 Å². The van der Waals surface area contributed by atoms with Gasteiger partial charge in [-0.1, -0.05) is 6.07 Å². The average molecular weight is 263 g/mol. The minimum atomic E-state index is -0.501. The molecule has 0 spiro atoms. The summed E-state index contributed by atoms with van der Waals surface area (Å²) >= 11 is 1.21. The number of rotatable bonds is 3. The third kappa shape index (κ3) is 2.51. The molecule has 1 heterocycles. The SMILES string of the molecule is Cc1ccc([N+](=O)[O-])cc1NC(=O)c1nccs1. The summed E-state index contributed by atoms with van der Waals surface area (Å²) in [6.07, 6.45) is 1.53. The third-order valence-electron chi connectivity index (χ3n) is 2.31. The van der Waals surface area contributed by atoms with Gasteiger partial charge in [-0.25, -0.2) is 4.98 Å². The number of nitro groups is 1. The molecular formula is C11H9N3O3S. The van der Waals surface area contributed by atoms with E-state index in [1.807, 2.05) is 0 Å². The Bertz CT molecular complexity index is 596. The Morgan fingerprint density at radius 2 is 2.28 bits per heavy atom. The first-order chi connectivity index (χ1) is 8.58. The van der Waals surface area contributed by atoms with Crippen LogP contribution in [0.3, 0.4) is 0 Å². The number of carbonyl (C=O) groups is 1. The maximum atomic E-state index is 11.8. The van der Waals surface area contributed by atoms with Gasteiger partial charge in [0.25, 0.3) is 11.6 Å². The Balaban J connectivity index is 2.26. The summed E-state index contributed by atoms with van der Waals surface area (Å²) in [6.45, 7) is 1.77. The molecule has 92 valence electrons. The Kier molecular flexibility index (Phi) is 3.33. The smallest absolute Gasteiger partial charge is 0.284 e. The van der Waals surface area contributed by atoms with Crippen LogP contribution in [0.5, 0.6) is 0 Å². The van der Waals surface area contributed by atoms with E-state index >= 15 is 0 Å². The van der Waals surface area contributed by atoms with Crippen molar-refractivity contribution in [2.45, 2.75) is 6.92 Å². The van der Waals surface area contributed by atoms with Crippen LogP contribution in [0.2, 0.25) is 0 Å². The number of nitro benzene ring substituents is 1. The van der Waals surface area contributed by atoms with Gasteiger partial charge in [0.2, 0.25) is 0 Å². The van der Waals surface area contributed by atoms with Crippen molar-refractivity contribution in [3.8, 4) is 0 Å². The minimum absolute atomic E-state index is 0.0601. The van der Waals surface area contributed by atoms with Crippen molar-refractivity contribution >= 4 is 28.6 Å². The van der Waals surface area contributed by atoms with Crippen LogP contribution in [-0.2, 0) is 0 Å². The molecule has 1 N–H and O–H groups in total. The van der Waals surface area contributed by atoms with Gasteiger partial charge in [-0.2, -0.15) is 0 Å². The highest BCUT2D eigenvalue weighted by Crippen LogP contribution is 2.22. The van der Waals surface area contributed by atoms with Crippen molar-refractivity contribution < 1.29 is 9.72 Å². The number of anilines is 1. The Labute approximate surface area is 106 Å². The number of aryl methyl sites for hydroxylation is 1.